The molecular formula is C24H26N2O4S. The molecule has 162 valence electrons. The van der Waals surface area contributed by atoms with E-state index in [1.807, 2.05) is 25.1 Å². The monoisotopic (exact) mass is 438 g/mol. The van der Waals surface area contributed by atoms with Crippen LogP contribution in [0.15, 0.2) is 89.8 Å². The molecule has 3 aromatic rings. The third-order valence-corrected chi connectivity index (χ3v) is 6.71. The van der Waals surface area contributed by atoms with Crippen molar-refractivity contribution in [1.82, 2.24) is 5.32 Å². The average Bonchev–Trinajstić information content (AvgIpc) is 2.79. The van der Waals surface area contributed by atoms with Crippen molar-refractivity contribution in [2.75, 3.05) is 17.4 Å². The zero-order valence-corrected chi connectivity index (χ0v) is 18.1. The molecule has 0 aliphatic carbocycles. The fraction of sp³-hybridized carbons (Fsp3) is 0.208. The maximum Gasteiger partial charge on any atom is 0.264 e. The van der Waals surface area contributed by atoms with Crippen molar-refractivity contribution in [2.45, 2.75) is 24.3 Å². The minimum atomic E-state index is -3.84. The van der Waals surface area contributed by atoms with Crippen LogP contribution in [0.1, 0.15) is 23.7 Å². The highest BCUT2D eigenvalue weighted by atomic mass is 32.2. The Kier molecular flexibility index (Phi) is 7.44. The van der Waals surface area contributed by atoms with Gasteiger partial charge in [-0.3, -0.25) is 9.10 Å². The van der Waals surface area contributed by atoms with E-state index in [0.29, 0.717) is 11.3 Å². The smallest absolute Gasteiger partial charge is 0.264 e. The van der Waals surface area contributed by atoms with Crippen molar-refractivity contribution in [3.63, 3.8) is 0 Å². The molecule has 1 amide bonds. The average molecular weight is 439 g/mol. The Balaban J connectivity index is 1.69. The highest BCUT2D eigenvalue weighted by molar-refractivity contribution is 7.92. The van der Waals surface area contributed by atoms with Crippen molar-refractivity contribution in [3.05, 3.63) is 96.1 Å². The number of amides is 1. The van der Waals surface area contributed by atoms with E-state index >= 15 is 0 Å². The second-order valence-electron chi connectivity index (χ2n) is 7.21. The molecule has 0 saturated heterocycles. The summed E-state index contributed by atoms with van der Waals surface area (Å²) in [5, 5.41) is 12.9. The second-order valence-corrected chi connectivity index (χ2v) is 9.07. The number of aryl methyl sites for hydroxylation is 1. The van der Waals surface area contributed by atoms with E-state index in [0.717, 1.165) is 5.56 Å². The van der Waals surface area contributed by atoms with Gasteiger partial charge in [0.1, 0.15) is 0 Å². The summed E-state index contributed by atoms with van der Waals surface area (Å²) in [6, 6.07) is 24.4. The van der Waals surface area contributed by atoms with Crippen LogP contribution < -0.4 is 9.62 Å². The fourth-order valence-electron chi connectivity index (χ4n) is 3.11. The SMILES string of the molecule is Cc1ccc(S(=O)(=O)N(CCC(=O)NCC(O)c2ccccc2)c2ccccc2)cc1. The Labute approximate surface area is 183 Å². The van der Waals surface area contributed by atoms with Gasteiger partial charge in [0.25, 0.3) is 10.0 Å². The predicted octanol–water partition coefficient (Wildman–Crippen LogP) is 3.43. The molecule has 0 aromatic heterocycles. The summed E-state index contributed by atoms with van der Waals surface area (Å²) >= 11 is 0. The summed E-state index contributed by atoms with van der Waals surface area (Å²) in [6.07, 6.45) is -0.867. The van der Waals surface area contributed by atoms with Crippen molar-refractivity contribution < 1.29 is 18.3 Å². The van der Waals surface area contributed by atoms with Gasteiger partial charge >= 0.3 is 0 Å². The maximum atomic E-state index is 13.3. The molecule has 1 unspecified atom stereocenters. The van der Waals surface area contributed by atoms with Crippen LogP contribution in [0.5, 0.6) is 0 Å². The number of aliphatic hydroxyl groups is 1. The Morgan fingerprint density at radius 3 is 2.13 bits per heavy atom. The lowest BCUT2D eigenvalue weighted by Crippen LogP contribution is -2.36. The maximum absolute atomic E-state index is 13.3. The molecule has 0 aliphatic heterocycles. The van der Waals surface area contributed by atoms with E-state index in [4.69, 9.17) is 0 Å². The molecule has 31 heavy (non-hydrogen) atoms. The predicted molar refractivity (Wildman–Crippen MR) is 121 cm³/mol. The second kappa shape index (κ2) is 10.2. The van der Waals surface area contributed by atoms with Crippen LogP contribution in [0.4, 0.5) is 5.69 Å². The molecule has 0 bridgehead atoms. The lowest BCUT2D eigenvalue weighted by Gasteiger charge is -2.24. The van der Waals surface area contributed by atoms with Crippen molar-refractivity contribution >= 4 is 21.6 Å². The number of aliphatic hydroxyl groups excluding tert-OH is 1. The first-order chi connectivity index (χ1) is 14.9. The lowest BCUT2D eigenvalue weighted by atomic mass is 10.1. The lowest BCUT2D eigenvalue weighted by molar-refractivity contribution is -0.121. The third kappa shape index (κ3) is 5.93. The molecule has 0 heterocycles. The van der Waals surface area contributed by atoms with Gasteiger partial charge < -0.3 is 10.4 Å². The summed E-state index contributed by atoms with van der Waals surface area (Å²) < 4.78 is 27.8. The molecule has 0 fully saturated rings. The number of benzene rings is 3. The topological polar surface area (TPSA) is 86.7 Å². The van der Waals surface area contributed by atoms with Crippen LogP contribution in [-0.4, -0.2) is 32.5 Å². The van der Waals surface area contributed by atoms with E-state index in [9.17, 15) is 18.3 Å². The molecule has 0 saturated carbocycles. The van der Waals surface area contributed by atoms with Crippen molar-refractivity contribution in [1.29, 1.82) is 0 Å². The van der Waals surface area contributed by atoms with E-state index in [-0.39, 0.29) is 30.3 Å². The van der Waals surface area contributed by atoms with Gasteiger partial charge in [-0.15, -0.1) is 0 Å². The highest BCUT2D eigenvalue weighted by Gasteiger charge is 2.25. The molecule has 3 aromatic carbocycles. The van der Waals surface area contributed by atoms with E-state index in [1.165, 1.54) is 4.31 Å². The molecule has 6 nitrogen and oxygen atoms in total. The highest BCUT2D eigenvalue weighted by Crippen LogP contribution is 2.24. The Bertz CT molecular complexity index is 1090. The number of rotatable bonds is 9. The number of carbonyl (C=O) groups excluding carboxylic acids is 1. The van der Waals surface area contributed by atoms with E-state index in [2.05, 4.69) is 5.32 Å². The molecule has 3 rings (SSSR count). The zero-order chi connectivity index (χ0) is 22.3. The first-order valence-corrected chi connectivity index (χ1v) is 11.5. The number of anilines is 1. The summed E-state index contributed by atoms with van der Waals surface area (Å²) in [6.45, 7) is 1.92. The zero-order valence-electron chi connectivity index (χ0n) is 17.3. The summed E-state index contributed by atoms with van der Waals surface area (Å²) in [7, 11) is -3.84. The minimum absolute atomic E-state index is 0.0203. The Hall–Kier alpha value is -3.16. The number of carbonyl (C=O) groups is 1. The number of sulfonamides is 1. The van der Waals surface area contributed by atoms with Gasteiger partial charge in [0, 0.05) is 19.5 Å². The van der Waals surface area contributed by atoms with Gasteiger partial charge in [-0.2, -0.15) is 0 Å². The number of hydrogen-bond donors (Lipinski definition) is 2. The Morgan fingerprint density at radius 2 is 1.52 bits per heavy atom. The van der Waals surface area contributed by atoms with E-state index in [1.54, 1.807) is 66.7 Å². The van der Waals surface area contributed by atoms with Gasteiger partial charge in [0.15, 0.2) is 0 Å². The standard InChI is InChI=1S/C24H26N2O4S/c1-19-12-14-22(15-13-19)31(29,30)26(21-10-6-3-7-11-21)17-16-24(28)25-18-23(27)20-8-4-2-5-9-20/h2-15,23,27H,16-18H2,1H3,(H,25,28). The Morgan fingerprint density at radius 1 is 0.935 bits per heavy atom. The number of nitrogens with zero attached hydrogens (tertiary/aromatic N) is 1. The first-order valence-electron chi connectivity index (χ1n) is 10.0. The summed E-state index contributed by atoms with van der Waals surface area (Å²) in [5.41, 5.74) is 2.15. The van der Waals surface area contributed by atoms with Crippen LogP contribution in [0.25, 0.3) is 0 Å². The summed E-state index contributed by atoms with van der Waals surface area (Å²) in [5.74, 6) is -0.338. The number of nitrogens with one attached hydrogen (secondary N) is 1. The van der Waals surface area contributed by atoms with Gasteiger partial charge in [-0.25, -0.2) is 8.42 Å². The van der Waals surface area contributed by atoms with Gasteiger partial charge in [-0.1, -0.05) is 66.2 Å². The van der Waals surface area contributed by atoms with Gasteiger partial charge in [-0.05, 0) is 36.8 Å². The van der Waals surface area contributed by atoms with Crippen LogP contribution in [0.3, 0.4) is 0 Å². The molecule has 0 aliphatic rings. The van der Waals surface area contributed by atoms with Crippen LogP contribution in [0, 0.1) is 6.92 Å². The summed E-state index contributed by atoms with van der Waals surface area (Å²) in [4.78, 5) is 12.5. The third-order valence-electron chi connectivity index (χ3n) is 4.87. The fourth-order valence-corrected chi connectivity index (χ4v) is 4.58. The normalized spacial score (nSPS) is 12.2. The van der Waals surface area contributed by atoms with Crippen molar-refractivity contribution in [3.8, 4) is 0 Å². The van der Waals surface area contributed by atoms with E-state index < -0.39 is 16.1 Å². The molecule has 0 radical (unpaired) electrons. The molecular weight excluding hydrogens is 412 g/mol. The largest absolute Gasteiger partial charge is 0.387 e. The molecule has 2 N–H and O–H groups in total. The molecule has 0 spiro atoms. The minimum Gasteiger partial charge on any atom is -0.387 e. The van der Waals surface area contributed by atoms with Crippen molar-refractivity contribution in [2.24, 2.45) is 0 Å². The number of hydrogen-bond acceptors (Lipinski definition) is 4. The first kappa shape index (κ1) is 22.5. The van der Waals surface area contributed by atoms with Crippen LogP contribution >= 0.6 is 0 Å². The molecule has 7 heteroatoms. The van der Waals surface area contributed by atoms with Gasteiger partial charge in [0.2, 0.25) is 5.91 Å². The van der Waals surface area contributed by atoms with Gasteiger partial charge in [0.05, 0.1) is 16.7 Å². The quantitative estimate of drug-likeness (QED) is 0.536. The van der Waals surface area contributed by atoms with Crippen LogP contribution in [0.2, 0.25) is 0 Å². The molecule has 1 atom stereocenters. The number of para-hydroxylation sites is 1. The van der Waals surface area contributed by atoms with Crippen LogP contribution in [-0.2, 0) is 14.8 Å².